The predicted molar refractivity (Wildman–Crippen MR) is 79.5 cm³/mol. The summed E-state index contributed by atoms with van der Waals surface area (Å²) in [6.45, 7) is 2.09. The van der Waals surface area contributed by atoms with Gasteiger partial charge in [-0.05, 0) is 24.1 Å². The summed E-state index contributed by atoms with van der Waals surface area (Å²) in [5, 5.41) is 0.263. The van der Waals surface area contributed by atoms with Gasteiger partial charge in [0.05, 0.1) is 0 Å². The molecule has 4 heteroatoms. The fourth-order valence-corrected chi connectivity index (χ4v) is 2.03. The van der Waals surface area contributed by atoms with Crippen molar-refractivity contribution in [2.45, 2.75) is 19.8 Å². The van der Waals surface area contributed by atoms with Crippen molar-refractivity contribution in [1.82, 2.24) is 4.98 Å². The van der Waals surface area contributed by atoms with Gasteiger partial charge < -0.3 is 4.74 Å². The largest absolute Gasteiger partial charge is 0.482 e. The van der Waals surface area contributed by atoms with E-state index in [0.29, 0.717) is 11.3 Å². The minimum absolute atomic E-state index is 0.0431. The van der Waals surface area contributed by atoms with Crippen LogP contribution < -0.4 is 4.74 Å². The topological polar surface area (TPSA) is 39.2 Å². The van der Waals surface area contributed by atoms with Gasteiger partial charge in [-0.25, -0.2) is 4.98 Å². The molecule has 20 heavy (non-hydrogen) atoms. The molecule has 1 aromatic heterocycles. The molecular formula is C16H16ClNO2. The second-order valence-electron chi connectivity index (χ2n) is 4.45. The van der Waals surface area contributed by atoms with Crippen LogP contribution in [0.15, 0.2) is 42.6 Å². The summed E-state index contributed by atoms with van der Waals surface area (Å²) in [7, 11) is 0. The molecule has 0 amide bonds. The van der Waals surface area contributed by atoms with Crippen molar-refractivity contribution in [1.29, 1.82) is 0 Å². The molecule has 0 radical (unpaired) electrons. The Morgan fingerprint density at radius 1 is 1.25 bits per heavy atom. The van der Waals surface area contributed by atoms with Crippen LogP contribution in [0.4, 0.5) is 0 Å². The molecule has 0 aliphatic rings. The van der Waals surface area contributed by atoms with Crippen molar-refractivity contribution in [3.05, 3.63) is 58.9 Å². The van der Waals surface area contributed by atoms with Crippen molar-refractivity contribution in [3.8, 4) is 5.75 Å². The number of benzene rings is 1. The molecule has 0 N–H and O–H groups in total. The standard InChI is InChI=1S/C16H16ClNO2/c1-2-4-12-6-8-13(9-7-12)14(19)11-20-15-5-3-10-18-16(15)17/h3,5-10H,2,4,11H2,1H3. The maximum Gasteiger partial charge on any atom is 0.200 e. The number of nitrogens with zero attached hydrogens (tertiary/aromatic N) is 1. The number of Topliss-reactive ketones (excluding diaryl/α,β-unsaturated/α-hetero) is 1. The third-order valence-electron chi connectivity index (χ3n) is 2.90. The van der Waals surface area contributed by atoms with Crippen molar-refractivity contribution in [2.75, 3.05) is 6.61 Å². The maximum atomic E-state index is 12.0. The molecule has 0 atom stereocenters. The van der Waals surface area contributed by atoms with Crippen molar-refractivity contribution < 1.29 is 9.53 Å². The molecule has 0 saturated carbocycles. The zero-order valence-corrected chi connectivity index (χ0v) is 12.1. The minimum Gasteiger partial charge on any atom is -0.482 e. The zero-order chi connectivity index (χ0) is 14.4. The number of hydrogen-bond acceptors (Lipinski definition) is 3. The first-order chi connectivity index (χ1) is 9.70. The molecule has 2 aromatic rings. The van der Waals surface area contributed by atoms with Crippen LogP contribution >= 0.6 is 11.6 Å². The molecule has 0 bridgehead atoms. The Kier molecular flexibility index (Phi) is 5.13. The van der Waals surface area contributed by atoms with Gasteiger partial charge in [0.2, 0.25) is 0 Å². The first-order valence-electron chi connectivity index (χ1n) is 6.56. The van der Waals surface area contributed by atoms with E-state index in [1.165, 1.54) is 5.56 Å². The van der Waals surface area contributed by atoms with Gasteiger partial charge in [-0.3, -0.25) is 4.79 Å². The highest BCUT2D eigenvalue weighted by Gasteiger charge is 2.08. The average Bonchev–Trinajstić information content (AvgIpc) is 2.47. The molecule has 0 fully saturated rings. The number of hydrogen-bond donors (Lipinski definition) is 0. The van der Waals surface area contributed by atoms with Gasteiger partial charge in [0.25, 0.3) is 0 Å². The third kappa shape index (κ3) is 3.81. The van der Waals surface area contributed by atoms with Crippen molar-refractivity contribution in [2.24, 2.45) is 0 Å². The lowest BCUT2D eigenvalue weighted by Gasteiger charge is -2.07. The van der Waals surface area contributed by atoms with Crippen LogP contribution in [0, 0.1) is 0 Å². The molecule has 2 rings (SSSR count). The number of rotatable bonds is 6. The number of carbonyl (C=O) groups is 1. The van der Waals surface area contributed by atoms with Gasteiger partial charge in [-0.1, -0.05) is 49.2 Å². The zero-order valence-electron chi connectivity index (χ0n) is 11.3. The molecule has 0 unspecified atom stereocenters. The number of ketones is 1. The van der Waals surface area contributed by atoms with Gasteiger partial charge in [0, 0.05) is 11.8 Å². The highest BCUT2D eigenvalue weighted by Crippen LogP contribution is 2.20. The van der Waals surface area contributed by atoms with Crippen LogP contribution in [0.2, 0.25) is 5.15 Å². The van der Waals surface area contributed by atoms with Crippen LogP contribution in [0.1, 0.15) is 29.3 Å². The van der Waals surface area contributed by atoms with Gasteiger partial charge >= 0.3 is 0 Å². The van der Waals surface area contributed by atoms with E-state index >= 15 is 0 Å². The van der Waals surface area contributed by atoms with E-state index in [0.717, 1.165) is 12.8 Å². The number of aromatic nitrogens is 1. The Labute approximate surface area is 123 Å². The lowest BCUT2D eigenvalue weighted by molar-refractivity contribution is 0.0921. The first-order valence-corrected chi connectivity index (χ1v) is 6.94. The van der Waals surface area contributed by atoms with Crippen LogP contribution in [0.3, 0.4) is 0 Å². The maximum absolute atomic E-state index is 12.0. The fourth-order valence-electron chi connectivity index (χ4n) is 1.85. The number of aryl methyl sites for hydroxylation is 1. The Morgan fingerprint density at radius 2 is 2.00 bits per heavy atom. The second-order valence-corrected chi connectivity index (χ2v) is 4.81. The van der Waals surface area contributed by atoms with E-state index in [1.807, 2.05) is 24.3 Å². The van der Waals surface area contributed by atoms with Crippen molar-refractivity contribution in [3.63, 3.8) is 0 Å². The summed E-state index contributed by atoms with van der Waals surface area (Å²) in [5.74, 6) is 0.345. The highest BCUT2D eigenvalue weighted by molar-refractivity contribution is 6.30. The molecule has 0 saturated heterocycles. The monoisotopic (exact) mass is 289 g/mol. The van der Waals surface area contributed by atoms with E-state index in [1.54, 1.807) is 18.3 Å². The summed E-state index contributed by atoms with van der Waals surface area (Å²) in [6, 6.07) is 11.0. The number of pyridine rings is 1. The number of carbonyl (C=O) groups excluding carboxylic acids is 1. The summed E-state index contributed by atoms with van der Waals surface area (Å²) < 4.78 is 5.39. The number of ether oxygens (including phenoxy) is 1. The molecule has 104 valence electrons. The smallest absolute Gasteiger partial charge is 0.200 e. The summed E-state index contributed by atoms with van der Waals surface area (Å²) in [5.41, 5.74) is 1.88. The molecule has 0 spiro atoms. The quantitative estimate of drug-likeness (QED) is 0.597. The van der Waals surface area contributed by atoms with E-state index in [2.05, 4.69) is 11.9 Å². The second kappa shape index (κ2) is 7.06. The molecular weight excluding hydrogens is 274 g/mol. The SMILES string of the molecule is CCCc1ccc(C(=O)COc2cccnc2Cl)cc1. The van der Waals surface area contributed by atoms with E-state index in [4.69, 9.17) is 16.3 Å². The lowest BCUT2D eigenvalue weighted by Crippen LogP contribution is -2.12. The predicted octanol–water partition coefficient (Wildman–Crippen LogP) is 3.95. The van der Waals surface area contributed by atoms with Crippen LogP contribution in [0.5, 0.6) is 5.75 Å². The molecule has 1 aromatic carbocycles. The molecule has 0 aliphatic heterocycles. The normalized spacial score (nSPS) is 10.3. The van der Waals surface area contributed by atoms with Crippen LogP contribution in [-0.2, 0) is 6.42 Å². The summed E-state index contributed by atoms with van der Waals surface area (Å²) in [6.07, 6.45) is 3.69. The fraction of sp³-hybridized carbons (Fsp3) is 0.250. The minimum atomic E-state index is -0.0760. The van der Waals surface area contributed by atoms with Crippen molar-refractivity contribution >= 4 is 17.4 Å². The highest BCUT2D eigenvalue weighted by atomic mass is 35.5. The number of halogens is 1. The van der Waals surface area contributed by atoms with Crippen LogP contribution in [0.25, 0.3) is 0 Å². The Morgan fingerprint density at radius 3 is 2.65 bits per heavy atom. The van der Waals surface area contributed by atoms with Gasteiger partial charge in [-0.2, -0.15) is 0 Å². The van der Waals surface area contributed by atoms with E-state index in [9.17, 15) is 4.79 Å². The Balaban J connectivity index is 1.96. The Bertz CT molecular complexity index is 581. The van der Waals surface area contributed by atoms with E-state index < -0.39 is 0 Å². The van der Waals surface area contributed by atoms with Gasteiger partial charge in [-0.15, -0.1) is 0 Å². The molecule has 0 aliphatic carbocycles. The van der Waals surface area contributed by atoms with E-state index in [-0.39, 0.29) is 17.5 Å². The summed E-state index contributed by atoms with van der Waals surface area (Å²) >= 11 is 5.86. The lowest BCUT2D eigenvalue weighted by atomic mass is 10.1. The Hall–Kier alpha value is -1.87. The summed E-state index contributed by atoms with van der Waals surface area (Å²) in [4.78, 5) is 15.9. The third-order valence-corrected chi connectivity index (χ3v) is 3.18. The molecule has 1 heterocycles. The average molecular weight is 290 g/mol. The van der Waals surface area contributed by atoms with Gasteiger partial charge in [0.1, 0.15) is 0 Å². The molecule has 3 nitrogen and oxygen atoms in total. The van der Waals surface area contributed by atoms with Gasteiger partial charge in [0.15, 0.2) is 23.3 Å². The van der Waals surface area contributed by atoms with Crippen LogP contribution in [-0.4, -0.2) is 17.4 Å². The first kappa shape index (κ1) is 14.5.